The molecule has 0 N–H and O–H groups in total. The standard InChI is InChI=1S/C15H17ClN2O3S2/c1-11-4-5-15(22-11)23(19,20)18-8-2-3-12(10-18)21-14-6-7-17-9-13(14)16/h4-7,9,12H,2-3,8,10H2,1H3/t12-/m0/s1. The summed E-state index contributed by atoms with van der Waals surface area (Å²) in [7, 11) is -3.45. The molecule has 1 saturated heterocycles. The third-order valence-corrected chi connectivity index (χ3v) is 7.30. The molecule has 0 saturated carbocycles. The van der Waals surface area contributed by atoms with Crippen molar-refractivity contribution in [1.82, 2.24) is 9.29 Å². The number of ether oxygens (including phenoxy) is 1. The zero-order valence-corrected chi connectivity index (χ0v) is 15.0. The van der Waals surface area contributed by atoms with Crippen LogP contribution in [0, 0.1) is 6.92 Å². The van der Waals surface area contributed by atoms with Crippen LogP contribution in [-0.4, -0.2) is 36.9 Å². The lowest BCUT2D eigenvalue weighted by Crippen LogP contribution is -2.44. The second-order valence-corrected chi connectivity index (χ2v) is 9.28. The summed E-state index contributed by atoms with van der Waals surface area (Å²) in [5.41, 5.74) is 0. The number of rotatable bonds is 4. The Morgan fingerprint density at radius 3 is 2.91 bits per heavy atom. The number of hydrogen-bond donors (Lipinski definition) is 0. The van der Waals surface area contributed by atoms with Crippen molar-refractivity contribution in [2.24, 2.45) is 0 Å². The van der Waals surface area contributed by atoms with Crippen LogP contribution in [0.25, 0.3) is 0 Å². The average Bonchev–Trinajstić information content (AvgIpc) is 2.97. The number of sulfonamides is 1. The van der Waals surface area contributed by atoms with E-state index in [-0.39, 0.29) is 6.10 Å². The second kappa shape index (κ2) is 6.76. The average molecular weight is 373 g/mol. The zero-order valence-electron chi connectivity index (χ0n) is 12.6. The van der Waals surface area contributed by atoms with Crippen molar-refractivity contribution in [1.29, 1.82) is 0 Å². The third-order valence-electron chi connectivity index (χ3n) is 3.68. The molecule has 0 aromatic carbocycles. The Kier molecular flexibility index (Phi) is 4.91. The molecule has 5 nitrogen and oxygen atoms in total. The highest BCUT2D eigenvalue weighted by Gasteiger charge is 2.32. The van der Waals surface area contributed by atoms with Crippen LogP contribution in [0.2, 0.25) is 5.02 Å². The van der Waals surface area contributed by atoms with E-state index in [1.54, 1.807) is 18.3 Å². The summed E-state index contributed by atoms with van der Waals surface area (Å²) in [5, 5.41) is 0.432. The van der Waals surface area contributed by atoms with E-state index in [0.717, 1.165) is 17.7 Å². The maximum absolute atomic E-state index is 12.7. The molecule has 1 aliphatic heterocycles. The summed E-state index contributed by atoms with van der Waals surface area (Å²) >= 11 is 7.35. The molecule has 1 aliphatic rings. The fourth-order valence-corrected chi connectivity index (χ4v) is 5.65. The van der Waals surface area contributed by atoms with Crippen LogP contribution in [0.15, 0.2) is 34.8 Å². The van der Waals surface area contributed by atoms with Gasteiger partial charge in [-0.1, -0.05) is 11.6 Å². The molecule has 0 unspecified atom stereocenters. The molecule has 3 rings (SSSR count). The molecule has 124 valence electrons. The number of thiophene rings is 1. The quantitative estimate of drug-likeness (QED) is 0.825. The molecular weight excluding hydrogens is 356 g/mol. The Bertz CT molecular complexity index is 792. The number of nitrogens with zero attached hydrogens (tertiary/aromatic N) is 2. The van der Waals surface area contributed by atoms with Crippen molar-refractivity contribution < 1.29 is 13.2 Å². The highest BCUT2D eigenvalue weighted by Crippen LogP contribution is 2.29. The first-order valence-corrected chi connectivity index (χ1v) is 9.93. The molecule has 0 amide bonds. The van der Waals surface area contributed by atoms with Gasteiger partial charge in [0, 0.05) is 29.9 Å². The van der Waals surface area contributed by atoms with Crippen LogP contribution >= 0.6 is 22.9 Å². The SMILES string of the molecule is Cc1ccc(S(=O)(=O)N2CCC[C@H](Oc3ccncc3Cl)C2)s1. The maximum atomic E-state index is 12.7. The van der Waals surface area contributed by atoms with Gasteiger partial charge < -0.3 is 4.74 Å². The van der Waals surface area contributed by atoms with Crippen molar-refractivity contribution >= 4 is 33.0 Å². The minimum Gasteiger partial charge on any atom is -0.487 e. The molecule has 0 aliphatic carbocycles. The lowest BCUT2D eigenvalue weighted by molar-refractivity contribution is 0.130. The van der Waals surface area contributed by atoms with E-state index in [0.29, 0.717) is 28.1 Å². The van der Waals surface area contributed by atoms with E-state index in [9.17, 15) is 8.42 Å². The van der Waals surface area contributed by atoms with Crippen LogP contribution < -0.4 is 4.74 Å². The normalized spacial score (nSPS) is 19.7. The number of aryl methyl sites for hydroxylation is 1. The van der Waals surface area contributed by atoms with Gasteiger partial charge in [0.15, 0.2) is 0 Å². The zero-order chi connectivity index (χ0) is 16.4. The van der Waals surface area contributed by atoms with Gasteiger partial charge in [-0.05, 0) is 31.9 Å². The Morgan fingerprint density at radius 2 is 2.22 bits per heavy atom. The molecule has 0 bridgehead atoms. The fourth-order valence-electron chi connectivity index (χ4n) is 2.54. The van der Waals surface area contributed by atoms with Crippen molar-refractivity contribution in [3.63, 3.8) is 0 Å². The number of piperidine rings is 1. The molecule has 8 heteroatoms. The van der Waals surface area contributed by atoms with Crippen LogP contribution in [0.1, 0.15) is 17.7 Å². The molecule has 2 aromatic rings. The minimum atomic E-state index is -3.45. The predicted molar refractivity (Wildman–Crippen MR) is 90.7 cm³/mol. The summed E-state index contributed by atoms with van der Waals surface area (Å²) in [6.07, 6.45) is 4.47. The Hall–Kier alpha value is -1.15. The maximum Gasteiger partial charge on any atom is 0.252 e. The third kappa shape index (κ3) is 3.68. The Balaban J connectivity index is 1.75. The largest absolute Gasteiger partial charge is 0.487 e. The summed E-state index contributed by atoms with van der Waals surface area (Å²) in [4.78, 5) is 4.90. The fraction of sp³-hybridized carbons (Fsp3) is 0.400. The lowest BCUT2D eigenvalue weighted by Gasteiger charge is -2.31. The van der Waals surface area contributed by atoms with Gasteiger partial charge in [0.1, 0.15) is 21.1 Å². The van der Waals surface area contributed by atoms with E-state index in [1.165, 1.54) is 21.8 Å². The van der Waals surface area contributed by atoms with Crippen molar-refractivity contribution in [2.75, 3.05) is 13.1 Å². The number of aromatic nitrogens is 1. The minimum absolute atomic E-state index is 0.209. The monoisotopic (exact) mass is 372 g/mol. The Morgan fingerprint density at radius 1 is 1.39 bits per heavy atom. The number of pyridine rings is 1. The number of halogens is 1. The van der Waals surface area contributed by atoms with E-state index in [4.69, 9.17) is 16.3 Å². The predicted octanol–water partition coefficient (Wildman–Crippen LogP) is 3.34. The van der Waals surface area contributed by atoms with Gasteiger partial charge in [0.25, 0.3) is 10.0 Å². The summed E-state index contributed by atoms with van der Waals surface area (Å²) < 4.78 is 33.2. The molecule has 0 radical (unpaired) electrons. The molecule has 23 heavy (non-hydrogen) atoms. The van der Waals surface area contributed by atoms with Gasteiger partial charge in [-0.3, -0.25) is 4.98 Å². The van der Waals surface area contributed by atoms with Crippen LogP contribution in [0.4, 0.5) is 0 Å². The smallest absolute Gasteiger partial charge is 0.252 e. The van der Waals surface area contributed by atoms with Crippen LogP contribution in [0.5, 0.6) is 5.75 Å². The molecule has 3 heterocycles. The molecule has 1 atom stereocenters. The van der Waals surface area contributed by atoms with Gasteiger partial charge in [-0.2, -0.15) is 4.31 Å². The first-order chi connectivity index (χ1) is 11.0. The van der Waals surface area contributed by atoms with E-state index >= 15 is 0 Å². The van der Waals surface area contributed by atoms with Crippen molar-refractivity contribution in [3.05, 3.63) is 40.5 Å². The van der Waals surface area contributed by atoms with Gasteiger partial charge in [0.05, 0.1) is 6.54 Å². The molecular formula is C15H17ClN2O3S2. The van der Waals surface area contributed by atoms with Crippen LogP contribution in [0.3, 0.4) is 0 Å². The molecule has 2 aromatic heterocycles. The van der Waals surface area contributed by atoms with Gasteiger partial charge in [0.2, 0.25) is 0 Å². The van der Waals surface area contributed by atoms with E-state index in [2.05, 4.69) is 4.98 Å². The second-order valence-electron chi connectivity index (χ2n) is 5.42. The van der Waals surface area contributed by atoms with E-state index < -0.39 is 10.0 Å². The van der Waals surface area contributed by atoms with Gasteiger partial charge in [-0.25, -0.2) is 8.42 Å². The summed E-state index contributed by atoms with van der Waals surface area (Å²) in [6.45, 7) is 2.75. The molecule has 1 fully saturated rings. The van der Waals surface area contributed by atoms with Crippen molar-refractivity contribution in [3.8, 4) is 5.75 Å². The summed E-state index contributed by atoms with van der Waals surface area (Å²) in [5.74, 6) is 0.540. The Labute approximate surface area is 144 Å². The van der Waals surface area contributed by atoms with Gasteiger partial charge in [-0.15, -0.1) is 11.3 Å². The first-order valence-electron chi connectivity index (χ1n) is 7.29. The highest BCUT2D eigenvalue weighted by atomic mass is 35.5. The number of hydrogen-bond acceptors (Lipinski definition) is 5. The molecule has 0 spiro atoms. The lowest BCUT2D eigenvalue weighted by atomic mass is 10.1. The first kappa shape index (κ1) is 16.7. The van der Waals surface area contributed by atoms with E-state index in [1.807, 2.05) is 13.0 Å². The summed E-state index contributed by atoms with van der Waals surface area (Å²) in [6, 6.07) is 5.18. The highest BCUT2D eigenvalue weighted by molar-refractivity contribution is 7.91. The van der Waals surface area contributed by atoms with Gasteiger partial charge >= 0.3 is 0 Å². The van der Waals surface area contributed by atoms with Crippen molar-refractivity contribution in [2.45, 2.75) is 30.1 Å². The van der Waals surface area contributed by atoms with Crippen LogP contribution in [-0.2, 0) is 10.0 Å². The topological polar surface area (TPSA) is 59.5 Å².